The third-order valence-corrected chi connectivity index (χ3v) is 1.60. The number of rotatable bonds is 5. The van der Waals surface area contributed by atoms with E-state index in [9.17, 15) is 4.79 Å². The Labute approximate surface area is 95.1 Å². The van der Waals surface area contributed by atoms with Gasteiger partial charge in [-0.15, -0.1) is 0 Å². The molecule has 0 fully saturated rings. The molecule has 0 aliphatic heterocycles. The minimum Gasteiger partial charge on any atom is -0.481 e. The summed E-state index contributed by atoms with van der Waals surface area (Å²) >= 11 is 0. The Bertz CT molecular complexity index is 125. The first kappa shape index (κ1) is 19.9. The largest absolute Gasteiger partial charge is 0.481 e. The first-order valence-corrected chi connectivity index (χ1v) is 5.98. The van der Waals surface area contributed by atoms with Crippen LogP contribution in [0.2, 0.25) is 0 Å². The van der Waals surface area contributed by atoms with Crippen molar-refractivity contribution in [1.82, 2.24) is 0 Å². The van der Waals surface area contributed by atoms with Crippen molar-refractivity contribution in [1.29, 1.82) is 0 Å². The van der Waals surface area contributed by atoms with Gasteiger partial charge in [0.05, 0.1) is 0 Å². The third kappa shape index (κ3) is 19.7. The Hall–Kier alpha value is -0.570. The Morgan fingerprint density at radius 2 is 1.60 bits per heavy atom. The van der Waals surface area contributed by atoms with Crippen LogP contribution in [0.4, 0.5) is 0 Å². The summed E-state index contributed by atoms with van der Waals surface area (Å²) < 4.78 is 0. The van der Waals surface area contributed by atoms with Gasteiger partial charge in [-0.05, 0) is 24.8 Å². The van der Waals surface area contributed by atoms with E-state index in [2.05, 4.69) is 13.8 Å². The van der Waals surface area contributed by atoms with Crippen LogP contribution >= 0.6 is 0 Å². The van der Waals surface area contributed by atoms with E-state index >= 15 is 0 Å². The summed E-state index contributed by atoms with van der Waals surface area (Å²) in [6.07, 6.45) is 1.11. The topological polar surface area (TPSA) is 63.3 Å². The van der Waals surface area contributed by atoms with Crippen LogP contribution in [0, 0.1) is 11.8 Å². The number of hydrogen-bond acceptors (Lipinski definition) is 2. The van der Waals surface area contributed by atoms with Gasteiger partial charge in [0.15, 0.2) is 0 Å². The second kappa shape index (κ2) is 15.9. The highest BCUT2D eigenvalue weighted by Crippen LogP contribution is 2.13. The molecule has 0 saturated heterocycles. The van der Waals surface area contributed by atoms with Gasteiger partial charge in [-0.2, -0.15) is 0 Å². The summed E-state index contributed by atoms with van der Waals surface area (Å²) in [5.41, 5.74) is 5.41. The molecule has 0 aliphatic carbocycles. The zero-order valence-corrected chi connectivity index (χ0v) is 11.2. The molecule has 0 heterocycles. The lowest BCUT2D eigenvalue weighted by atomic mass is 9.94. The molecule has 15 heavy (non-hydrogen) atoms. The van der Waals surface area contributed by atoms with Crippen molar-refractivity contribution < 1.29 is 9.90 Å². The molecule has 0 spiro atoms. The van der Waals surface area contributed by atoms with E-state index in [1.165, 1.54) is 0 Å². The van der Waals surface area contributed by atoms with Crippen LogP contribution in [0.1, 0.15) is 54.4 Å². The maximum atomic E-state index is 10.3. The van der Waals surface area contributed by atoms with E-state index in [-0.39, 0.29) is 12.3 Å². The molecule has 0 radical (unpaired) electrons. The summed E-state index contributed by atoms with van der Waals surface area (Å²) in [5, 5.41) is 8.47. The molecule has 3 N–H and O–H groups in total. The molecule has 94 valence electrons. The number of carboxylic acids is 1. The van der Waals surface area contributed by atoms with Crippen LogP contribution in [0.15, 0.2) is 0 Å². The number of aliphatic carboxylic acids is 1. The molecule has 3 nitrogen and oxygen atoms in total. The van der Waals surface area contributed by atoms with Crippen molar-refractivity contribution in [2.45, 2.75) is 54.4 Å². The SMILES string of the molecule is CC.CC.CC(C)C[C@H](CN)CC(=O)O. The summed E-state index contributed by atoms with van der Waals surface area (Å²) in [5.74, 6) is -0.0727. The molecule has 3 heteroatoms. The van der Waals surface area contributed by atoms with Crippen molar-refractivity contribution in [3.63, 3.8) is 0 Å². The van der Waals surface area contributed by atoms with E-state index in [0.717, 1.165) is 6.42 Å². The van der Waals surface area contributed by atoms with Crippen LogP contribution in [-0.4, -0.2) is 17.6 Å². The summed E-state index contributed by atoms with van der Waals surface area (Å²) in [7, 11) is 0. The van der Waals surface area contributed by atoms with Crippen LogP contribution in [0.5, 0.6) is 0 Å². The Morgan fingerprint density at radius 3 is 1.80 bits per heavy atom. The monoisotopic (exact) mass is 219 g/mol. The molecule has 0 aromatic rings. The Morgan fingerprint density at radius 1 is 1.20 bits per heavy atom. The quantitative estimate of drug-likeness (QED) is 0.746. The van der Waals surface area contributed by atoms with Gasteiger partial charge in [0.1, 0.15) is 0 Å². The molecule has 0 aliphatic rings. The Kier molecular flexibility index (Phi) is 21.1. The number of carboxylic acid groups (broad SMARTS) is 1. The van der Waals surface area contributed by atoms with E-state index in [1.54, 1.807) is 0 Å². The van der Waals surface area contributed by atoms with Gasteiger partial charge in [0, 0.05) is 6.42 Å². The number of carbonyl (C=O) groups is 1. The predicted molar refractivity (Wildman–Crippen MR) is 66.9 cm³/mol. The molecule has 1 atom stereocenters. The maximum absolute atomic E-state index is 10.3. The molecule has 0 aromatic heterocycles. The van der Waals surface area contributed by atoms with Crippen molar-refractivity contribution in [3.05, 3.63) is 0 Å². The fourth-order valence-corrected chi connectivity index (χ4v) is 1.18. The Balaban J connectivity index is -0.000000318. The summed E-state index contributed by atoms with van der Waals surface area (Å²) in [6, 6.07) is 0. The van der Waals surface area contributed by atoms with Gasteiger partial charge in [-0.3, -0.25) is 4.79 Å². The summed E-state index contributed by atoms with van der Waals surface area (Å²) in [6.45, 7) is 12.6. The molecule has 0 amide bonds. The van der Waals surface area contributed by atoms with E-state index in [4.69, 9.17) is 10.8 Å². The molecule has 0 saturated carbocycles. The van der Waals surface area contributed by atoms with Gasteiger partial charge >= 0.3 is 5.97 Å². The van der Waals surface area contributed by atoms with Gasteiger partial charge in [-0.25, -0.2) is 0 Å². The van der Waals surface area contributed by atoms with E-state index in [1.807, 2.05) is 27.7 Å². The highest BCUT2D eigenvalue weighted by atomic mass is 16.4. The van der Waals surface area contributed by atoms with Crippen LogP contribution in [0.25, 0.3) is 0 Å². The normalized spacial score (nSPS) is 10.7. The summed E-state index contributed by atoms with van der Waals surface area (Å²) in [4.78, 5) is 10.3. The highest BCUT2D eigenvalue weighted by molar-refractivity contribution is 5.67. The average molecular weight is 219 g/mol. The molecule has 0 rings (SSSR count). The standard InChI is InChI=1S/C8H17NO2.2C2H6/c1-6(2)3-7(5-9)4-8(10)11;2*1-2/h6-7H,3-5,9H2,1-2H3,(H,10,11);2*1-2H3/t7-;;/m0../s1. The smallest absolute Gasteiger partial charge is 0.303 e. The maximum Gasteiger partial charge on any atom is 0.303 e. The zero-order chi connectivity index (χ0) is 12.9. The lowest BCUT2D eigenvalue weighted by Gasteiger charge is -2.13. The molecule has 0 aromatic carbocycles. The third-order valence-electron chi connectivity index (χ3n) is 1.60. The van der Waals surface area contributed by atoms with Crippen molar-refractivity contribution in [2.24, 2.45) is 17.6 Å². The van der Waals surface area contributed by atoms with Gasteiger partial charge < -0.3 is 10.8 Å². The average Bonchev–Trinajstić information content (AvgIpc) is 2.21. The van der Waals surface area contributed by atoms with E-state index < -0.39 is 5.97 Å². The molecular formula is C12H29NO2. The zero-order valence-electron chi connectivity index (χ0n) is 11.2. The lowest BCUT2D eigenvalue weighted by Crippen LogP contribution is -2.19. The van der Waals surface area contributed by atoms with Crippen LogP contribution in [-0.2, 0) is 4.79 Å². The second-order valence-corrected chi connectivity index (χ2v) is 3.33. The predicted octanol–water partition coefficient (Wildman–Crippen LogP) is 3.13. The second-order valence-electron chi connectivity index (χ2n) is 3.33. The molecule has 0 bridgehead atoms. The molecule has 0 unspecified atom stereocenters. The van der Waals surface area contributed by atoms with Crippen molar-refractivity contribution >= 4 is 5.97 Å². The number of nitrogens with two attached hydrogens (primary N) is 1. The highest BCUT2D eigenvalue weighted by Gasteiger charge is 2.12. The lowest BCUT2D eigenvalue weighted by molar-refractivity contribution is -0.138. The first-order chi connectivity index (χ1) is 7.06. The fraction of sp³-hybridized carbons (Fsp3) is 0.917. The van der Waals surface area contributed by atoms with Gasteiger partial charge in [0.2, 0.25) is 0 Å². The number of hydrogen-bond donors (Lipinski definition) is 2. The van der Waals surface area contributed by atoms with Crippen LogP contribution in [0.3, 0.4) is 0 Å². The molecular weight excluding hydrogens is 190 g/mol. The van der Waals surface area contributed by atoms with Gasteiger partial charge in [0.25, 0.3) is 0 Å². The van der Waals surface area contributed by atoms with Crippen molar-refractivity contribution in [2.75, 3.05) is 6.54 Å². The van der Waals surface area contributed by atoms with Crippen LogP contribution < -0.4 is 5.73 Å². The minimum atomic E-state index is -0.749. The minimum absolute atomic E-state index is 0.146. The van der Waals surface area contributed by atoms with E-state index in [0.29, 0.717) is 12.5 Å². The first-order valence-electron chi connectivity index (χ1n) is 5.98. The fourth-order valence-electron chi connectivity index (χ4n) is 1.18. The van der Waals surface area contributed by atoms with Gasteiger partial charge in [-0.1, -0.05) is 41.5 Å². The van der Waals surface area contributed by atoms with Crippen molar-refractivity contribution in [3.8, 4) is 0 Å².